The predicted octanol–water partition coefficient (Wildman–Crippen LogP) is 14.7. The van der Waals surface area contributed by atoms with Gasteiger partial charge in [-0.1, -0.05) is 164 Å². The van der Waals surface area contributed by atoms with Gasteiger partial charge < -0.3 is 0 Å². The van der Waals surface area contributed by atoms with E-state index >= 15 is 0 Å². The maximum atomic E-state index is 4.82. The highest BCUT2D eigenvalue weighted by Crippen LogP contribution is 2.46. The van der Waals surface area contributed by atoms with Crippen molar-refractivity contribution in [2.45, 2.75) is 0 Å². The Morgan fingerprint density at radius 3 is 1.35 bits per heavy atom. The number of hydrogen-bond acceptors (Lipinski definition) is 2. The first-order valence-corrected chi connectivity index (χ1v) is 18.8. The Bertz CT molecular complexity index is 2830. The molecule has 9 aromatic carbocycles. The van der Waals surface area contributed by atoms with Gasteiger partial charge in [0.25, 0.3) is 0 Å². The summed E-state index contributed by atoms with van der Waals surface area (Å²) in [6.45, 7) is 0. The maximum absolute atomic E-state index is 4.82. The Morgan fingerprint density at radius 2 is 0.782 bits per heavy atom. The number of nitrogens with zero attached hydrogens (tertiary/aromatic N) is 2. The third-order valence-electron chi connectivity index (χ3n) is 10.7. The highest BCUT2D eigenvalue weighted by molar-refractivity contribution is 6.21. The first-order valence-electron chi connectivity index (χ1n) is 18.8. The molecular formula is C53H36N2. The van der Waals surface area contributed by atoms with Crippen LogP contribution in [0.15, 0.2) is 219 Å². The van der Waals surface area contributed by atoms with Crippen molar-refractivity contribution in [3.8, 4) is 44.5 Å². The summed E-state index contributed by atoms with van der Waals surface area (Å²) >= 11 is 0. The SMILES string of the molecule is c1ccc(-c2cc(-c3ccccc3)cc(-c3c4ccccc4c(-c4ccc(N(c5ccccn5)c5cccc6ccccc56)cc4)c4ccccc34)c2)cc1. The van der Waals surface area contributed by atoms with Gasteiger partial charge in [0, 0.05) is 17.3 Å². The number of anilines is 3. The van der Waals surface area contributed by atoms with Crippen LogP contribution in [0.1, 0.15) is 0 Å². The third-order valence-corrected chi connectivity index (χ3v) is 10.7. The number of hydrogen-bond donors (Lipinski definition) is 0. The fourth-order valence-electron chi connectivity index (χ4n) is 8.18. The lowest BCUT2D eigenvalue weighted by molar-refractivity contribution is 1.19. The summed E-state index contributed by atoms with van der Waals surface area (Å²) in [7, 11) is 0. The number of benzene rings is 9. The molecular weight excluding hydrogens is 665 g/mol. The van der Waals surface area contributed by atoms with E-state index in [-0.39, 0.29) is 0 Å². The Labute approximate surface area is 321 Å². The van der Waals surface area contributed by atoms with Crippen LogP contribution in [-0.2, 0) is 0 Å². The Balaban J connectivity index is 1.17. The summed E-state index contributed by atoms with van der Waals surface area (Å²) in [6.07, 6.45) is 1.86. The van der Waals surface area contributed by atoms with Gasteiger partial charge >= 0.3 is 0 Å². The standard InChI is InChI=1S/C53H36N2/c1-3-16-37(17-4-1)41-34-42(38-18-5-2-6-19-38)36-43(35-41)53-48-25-11-9-23-46(48)52(47-24-10-12-26-49(47)53)40-29-31-44(32-30-40)55(51-28-13-14-33-54-51)50-27-15-21-39-20-7-8-22-45(39)50/h1-36H. The van der Waals surface area contributed by atoms with Crippen LogP contribution >= 0.6 is 0 Å². The summed E-state index contributed by atoms with van der Waals surface area (Å²) < 4.78 is 0. The minimum atomic E-state index is 0.875. The molecule has 0 bridgehead atoms. The van der Waals surface area contributed by atoms with E-state index in [1.165, 1.54) is 76.8 Å². The van der Waals surface area contributed by atoms with Crippen molar-refractivity contribution in [1.29, 1.82) is 0 Å². The molecule has 1 aromatic heterocycles. The van der Waals surface area contributed by atoms with Crippen molar-refractivity contribution >= 4 is 49.5 Å². The zero-order valence-corrected chi connectivity index (χ0v) is 30.2. The summed E-state index contributed by atoms with van der Waals surface area (Å²) in [5, 5.41) is 7.29. The predicted molar refractivity (Wildman–Crippen MR) is 233 cm³/mol. The summed E-state index contributed by atoms with van der Waals surface area (Å²) in [5.41, 5.74) is 11.8. The third kappa shape index (κ3) is 5.91. The molecule has 0 aliphatic carbocycles. The van der Waals surface area contributed by atoms with Crippen molar-refractivity contribution < 1.29 is 0 Å². The molecule has 1 heterocycles. The van der Waals surface area contributed by atoms with Crippen LogP contribution < -0.4 is 4.90 Å². The molecule has 0 amide bonds. The molecule has 55 heavy (non-hydrogen) atoms. The maximum Gasteiger partial charge on any atom is 0.137 e. The van der Waals surface area contributed by atoms with Gasteiger partial charge in [-0.05, 0) is 120 Å². The van der Waals surface area contributed by atoms with E-state index in [9.17, 15) is 0 Å². The minimum absolute atomic E-state index is 0.875. The molecule has 0 aliphatic heterocycles. The van der Waals surface area contributed by atoms with Crippen LogP contribution in [0.4, 0.5) is 17.2 Å². The molecule has 0 aliphatic rings. The molecule has 0 saturated heterocycles. The summed E-state index contributed by atoms with van der Waals surface area (Å²) in [4.78, 5) is 7.08. The van der Waals surface area contributed by atoms with Crippen molar-refractivity contribution in [2.24, 2.45) is 0 Å². The Kier molecular flexibility index (Phi) is 8.20. The quantitative estimate of drug-likeness (QED) is 0.154. The Morgan fingerprint density at radius 1 is 0.309 bits per heavy atom. The molecule has 0 radical (unpaired) electrons. The number of aromatic nitrogens is 1. The largest absolute Gasteiger partial charge is 0.294 e. The minimum Gasteiger partial charge on any atom is -0.294 e. The normalized spacial score (nSPS) is 11.3. The summed E-state index contributed by atoms with van der Waals surface area (Å²) in [5.74, 6) is 0.875. The van der Waals surface area contributed by atoms with E-state index < -0.39 is 0 Å². The molecule has 0 atom stereocenters. The topological polar surface area (TPSA) is 16.1 Å². The van der Waals surface area contributed by atoms with Crippen molar-refractivity contribution in [1.82, 2.24) is 4.98 Å². The molecule has 0 fully saturated rings. The highest BCUT2D eigenvalue weighted by atomic mass is 15.2. The van der Waals surface area contributed by atoms with Crippen LogP contribution in [0.25, 0.3) is 76.8 Å². The van der Waals surface area contributed by atoms with Gasteiger partial charge in [-0.2, -0.15) is 0 Å². The number of rotatable bonds is 7. The zero-order chi connectivity index (χ0) is 36.6. The van der Waals surface area contributed by atoms with Gasteiger partial charge in [-0.25, -0.2) is 4.98 Å². The van der Waals surface area contributed by atoms with Crippen LogP contribution in [-0.4, -0.2) is 4.98 Å². The molecule has 0 spiro atoms. The lowest BCUT2D eigenvalue weighted by Crippen LogP contribution is -2.11. The van der Waals surface area contributed by atoms with E-state index in [0.717, 1.165) is 17.2 Å². The lowest BCUT2D eigenvalue weighted by atomic mass is 9.84. The summed E-state index contributed by atoms with van der Waals surface area (Å²) in [6, 6.07) is 76.4. The van der Waals surface area contributed by atoms with E-state index in [1.807, 2.05) is 18.3 Å². The van der Waals surface area contributed by atoms with E-state index in [4.69, 9.17) is 4.98 Å². The van der Waals surface area contributed by atoms with Gasteiger partial charge in [0.05, 0.1) is 5.69 Å². The fraction of sp³-hybridized carbons (Fsp3) is 0. The average Bonchev–Trinajstić information content (AvgIpc) is 3.27. The van der Waals surface area contributed by atoms with Crippen molar-refractivity contribution in [3.05, 3.63) is 219 Å². The van der Waals surface area contributed by atoms with Crippen LogP contribution in [0.3, 0.4) is 0 Å². The molecule has 0 saturated carbocycles. The molecule has 258 valence electrons. The smallest absolute Gasteiger partial charge is 0.137 e. The number of fused-ring (bicyclic) bond motifs is 3. The lowest BCUT2D eigenvalue weighted by Gasteiger charge is -2.26. The molecule has 10 aromatic rings. The van der Waals surface area contributed by atoms with Gasteiger partial charge in [-0.3, -0.25) is 4.90 Å². The van der Waals surface area contributed by atoms with Crippen LogP contribution in [0.5, 0.6) is 0 Å². The van der Waals surface area contributed by atoms with E-state index in [1.54, 1.807) is 0 Å². The number of pyridine rings is 1. The second-order valence-corrected chi connectivity index (χ2v) is 13.9. The van der Waals surface area contributed by atoms with Gasteiger partial charge in [0.2, 0.25) is 0 Å². The van der Waals surface area contributed by atoms with Gasteiger partial charge in [0.1, 0.15) is 5.82 Å². The molecule has 10 rings (SSSR count). The first kappa shape index (κ1) is 32.4. The second-order valence-electron chi connectivity index (χ2n) is 13.9. The van der Waals surface area contributed by atoms with Crippen LogP contribution in [0.2, 0.25) is 0 Å². The van der Waals surface area contributed by atoms with E-state index in [2.05, 4.69) is 205 Å². The fourth-order valence-corrected chi connectivity index (χ4v) is 8.18. The van der Waals surface area contributed by atoms with Crippen molar-refractivity contribution in [3.63, 3.8) is 0 Å². The van der Waals surface area contributed by atoms with Gasteiger partial charge in [0.15, 0.2) is 0 Å². The molecule has 0 unspecified atom stereocenters. The highest BCUT2D eigenvalue weighted by Gasteiger charge is 2.20. The zero-order valence-electron chi connectivity index (χ0n) is 30.2. The average molecular weight is 701 g/mol. The Hall–Kier alpha value is -7.29. The molecule has 2 heteroatoms. The first-order chi connectivity index (χ1) is 27.3. The van der Waals surface area contributed by atoms with E-state index in [0.29, 0.717) is 0 Å². The second kappa shape index (κ2) is 13.9. The molecule has 0 N–H and O–H groups in total. The van der Waals surface area contributed by atoms with Crippen molar-refractivity contribution in [2.75, 3.05) is 4.90 Å². The van der Waals surface area contributed by atoms with Gasteiger partial charge in [-0.15, -0.1) is 0 Å². The van der Waals surface area contributed by atoms with Crippen LogP contribution in [0, 0.1) is 0 Å². The monoisotopic (exact) mass is 700 g/mol. The molecule has 2 nitrogen and oxygen atoms in total.